The molecule has 132 valence electrons. The van der Waals surface area contributed by atoms with Crippen molar-refractivity contribution in [2.24, 2.45) is 0 Å². The molecule has 1 fully saturated rings. The van der Waals surface area contributed by atoms with E-state index >= 15 is 0 Å². The van der Waals surface area contributed by atoms with E-state index in [1.807, 2.05) is 0 Å². The lowest BCUT2D eigenvalue weighted by Gasteiger charge is -2.27. The number of carbonyl (C=O) groups is 1. The van der Waals surface area contributed by atoms with E-state index in [-0.39, 0.29) is 15.5 Å². The maximum absolute atomic E-state index is 13.7. The van der Waals surface area contributed by atoms with Gasteiger partial charge in [0, 0.05) is 11.6 Å². The van der Waals surface area contributed by atoms with Gasteiger partial charge in [-0.3, -0.25) is 0 Å². The van der Waals surface area contributed by atoms with Crippen molar-refractivity contribution in [2.45, 2.75) is 31.3 Å². The van der Waals surface area contributed by atoms with E-state index in [4.69, 9.17) is 33.3 Å². The molecule has 0 spiro atoms. The summed E-state index contributed by atoms with van der Waals surface area (Å²) in [6, 6.07) is 5.83. The molecule has 1 N–H and O–H groups in total. The Hall–Kier alpha value is -1.99. The molecule has 0 unspecified atom stereocenters. The molecule has 0 radical (unpaired) electrons. The molecule has 0 saturated heterocycles. The van der Waals surface area contributed by atoms with Gasteiger partial charge in [0.05, 0.1) is 12.1 Å². The number of methoxy groups -OCH3 is 1. The minimum absolute atomic E-state index is 0.0188. The number of nitrogens with zero attached hydrogens (tertiary/aromatic N) is 1. The number of hydrogen-bond donors (Lipinski definition) is 1. The molecule has 2 aromatic rings. The topological polar surface area (TPSA) is 64.2 Å². The van der Waals surface area contributed by atoms with Crippen LogP contribution in [0, 0.1) is 10.5 Å². The number of aromatic amines is 1. The number of ether oxygens (including phenoxy) is 2. The Balaban J connectivity index is 1.98. The van der Waals surface area contributed by atoms with E-state index in [9.17, 15) is 9.18 Å². The zero-order chi connectivity index (χ0) is 18.0. The van der Waals surface area contributed by atoms with Crippen LogP contribution in [0.5, 0.6) is 5.88 Å². The number of hydrogen-bond acceptors (Lipinski definition) is 5. The largest absolute Gasteiger partial charge is 0.466 e. The summed E-state index contributed by atoms with van der Waals surface area (Å²) < 4.78 is 24.8. The van der Waals surface area contributed by atoms with Crippen molar-refractivity contribution in [3.05, 3.63) is 39.7 Å². The number of H-pyrrole nitrogens is 1. The summed E-state index contributed by atoms with van der Waals surface area (Å²) in [6.45, 7) is 0. The fourth-order valence-electron chi connectivity index (χ4n) is 2.96. The minimum Gasteiger partial charge on any atom is -0.466 e. The van der Waals surface area contributed by atoms with Crippen molar-refractivity contribution in [3.63, 3.8) is 0 Å². The van der Waals surface area contributed by atoms with E-state index in [0.29, 0.717) is 24.2 Å². The molecule has 1 saturated carbocycles. The van der Waals surface area contributed by atoms with Gasteiger partial charge < -0.3 is 14.5 Å². The van der Waals surface area contributed by atoms with Crippen LogP contribution in [0.2, 0.25) is 5.02 Å². The standard InChI is InChI=1S/C17H16ClFN2O3S/c1-23-16(22)17(6-2-3-7-17)24-13-9-14(25)21-15(20-13)10-4-5-11(18)12(19)8-10/h4-5,8-9H,2-3,6-7H2,1H3,(H,20,21,25). The Labute approximate surface area is 154 Å². The lowest BCUT2D eigenvalue weighted by molar-refractivity contribution is -0.158. The van der Waals surface area contributed by atoms with Crippen LogP contribution in [0.1, 0.15) is 25.7 Å². The second kappa shape index (κ2) is 7.09. The number of esters is 1. The molecule has 1 aromatic heterocycles. The van der Waals surface area contributed by atoms with Gasteiger partial charge in [0.15, 0.2) is 5.88 Å². The smallest absolute Gasteiger partial charge is 0.350 e. The first kappa shape index (κ1) is 17.8. The summed E-state index contributed by atoms with van der Waals surface area (Å²) in [5.41, 5.74) is -0.561. The van der Waals surface area contributed by atoms with Crippen molar-refractivity contribution in [3.8, 4) is 17.3 Å². The van der Waals surface area contributed by atoms with Gasteiger partial charge >= 0.3 is 5.97 Å². The minimum atomic E-state index is -1.03. The Morgan fingerprint density at radius 2 is 2.08 bits per heavy atom. The first-order chi connectivity index (χ1) is 11.9. The van der Waals surface area contributed by atoms with Gasteiger partial charge in [-0.2, -0.15) is 0 Å². The highest BCUT2D eigenvalue weighted by Crippen LogP contribution is 2.35. The number of nitrogens with one attached hydrogen (secondary N) is 1. The first-order valence-corrected chi connectivity index (χ1v) is 8.56. The number of halogens is 2. The maximum Gasteiger partial charge on any atom is 0.350 e. The molecule has 1 heterocycles. The predicted octanol–water partition coefficient (Wildman–Crippen LogP) is 4.46. The molecular weight excluding hydrogens is 367 g/mol. The third-order valence-corrected chi connectivity index (χ3v) is 4.70. The van der Waals surface area contributed by atoms with Crippen molar-refractivity contribution < 1.29 is 18.7 Å². The van der Waals surface area contributed by atoms with E-state index < -0.39 is 17.4 Å². The van der Waals surface area contributed by atoms with Gasteiger partial charge in [-0.15, -0.1) is 0 Å². The van der Waals surface area contributed by atoms with Crippen LogP contribution in [0.4, 0.5) is 4.39 Å². The maximum atomic E-state index is 13.7. The summed E-state index contributed by atoms with van der Waals surface area (Å²) >= 11 is 10.9. The van der Waals surface area contributed by atoms with Gasteiger partial charge in [-0.05, 0) is 43.9 Å². The molecule has 1 aliphatic carbocycles. The zero-order valence-corrected chi connectivity index (χ0v) is 15.0. The summed E-state index contributed by atoms with van der Waals surface area (Å²) in [5, 5.41) is 0.0188. The highest BCUT2D eigenvalue weighted by atomic mass is 35.5. The monoisotopic (exact) mass is 382 g/mol. The van der Waals surface area contributed by atoms with Crippen LogP contribution in [0.25, 0.3) is 11.4 Å². The van der Waals surface area contributed by atoms with E-state index in [2.05, 4.69) is 9.97 Å². The number of rotatable bonds is 4. The fraction of sp³-hybridized carbons (Fsp3) is 0.353. The molecule has 0 atom stereocenters. The molecule has 1 aromatic carbocycles. The highest BCUT2D eigenvalue weighted by molar-refractivity contribution is 7.71. The second-order valence-electron chi connectivity index (χ2n) is 5.86. The summed E-state index contributed by atoms with van der Waals surface area (Å²) in [6.07, 6.45) is 2.87. The Morgan fingerprint density at radius 1 is 1.36 bits per heavy atom. The van der Waals surface area contributed by atoms with Gasteiger partial charge in [0.1, 0.15) is 16.3 Å². The van der Waals surface area contributed by atoms with E-state index in [0.717, 1.165) is 12.8 Å². The van der Waals surface area contributed by atoms with Crippen LogP contribution in [-0.4, -0.2) is 28.6 Å². The molecule has 0 amide bonds. The van der Waals surface area contributed by atoms with Gasteiger partial charge in [-0.1, -0.05) is 23.8 Å². The second-order valence-corrected chi connectivity index (χ2v) is 6.68. The third kappa shape index (κ3) is 3.67. The molecular formula is C17H16ClFN2O3S. The fourth-order valence-corrected chi connectivity index (χ4v) is 3.28. The zero-order valence-electron chi connectivity index (χ0n) is 13.5. The summed E-state index contributed by atoms with van der Waals surface area (Å²) in [5.74, 6) is -0.359. The quantitative estimate of drug-likeness (QED) is 0.624. The van der Waals surface area contributed by atoms with Gasteiger partial charge in [0.25, 0.3) is 0 Å². The highest BCUT2D eigenvalue weighted by Gasteiger charge is 2.45. The van der Waals surface area contributed by atoms with Crippen LogP contribution >= 0.6 is 23.8 Å². The summed E-state index contributed by atoms with van der Waals surface area (Å²) in [4.78, 5) is 19.3. The molecule has 25 heavy (non-hydrogen) atoms. The van der Waals surface area contributed by atoms with Gasteiger partial charge in [0.2, 0.25) is 5.60 Å². The molecule has 5 nitrogen and oxygen atoms in total. The molecule has 1 aliphatic rings. The van der Waals surface area contributed by atoms with Crippen LogP contribution in [0.15, 0.2) is 24.3 Å². The van der Waals surface area contributed by atoms with Crippen LogP contribution < -0.4 is 4.74 Å². The Kier molecular flexibility index (Phi) is 5.06. The van der Waals surface area contributed by atoms with Gasteiger partial charge in [-0.25, -0.2) is 14.2 Å². The average molecular weight is 383 g/mol. The molecule has 0 aliphatic heterocycles. The van der Waals surface area contributed by atoms with Crippen molar-refractivity contribution >= 4 is 29.8 Å². The van der Waals surface area contributed by atoms with E-state index in [1.54, 1.807) is 6.07 Å². The van der Waals surface area contributed by atoms with Crippen LogP contribution in [-0.2, 0) is 9.53 Å². The lowest BCUT2D eigenvalue weighted by atomic mass is 10.0. The van der Waals surface area contributed by atoms with Crippen LogP contribution in [0.3, 0.4) is 0 Å². The number of aromatic nitrogens is 2. The SMILES string of the molecule is COC(=O)C1(Oc2cc(=S)nc(-c3ccc(Cl)c(F)c3)[nH]2)CCCC1. The van der Waals surface area contributed by atoms with E-state index in [1.165, 1.54) is 25.3 Å². The molecule has 0 bridgehead atoms. The van der Waals surface area contributed by atoms with Crippen molar-refractivity contribution in [1.82, 2.24) is 9.97 Å². The first-order valence-electron chi connectivity index (χ1n) is 7.78. The Bertz CT molecular complexity index is 865. The summed E-state index contributed by atoms with van der Waals surface area (Å²) in [7, 11) is 1.34. The Morgan fingerprint density at radius 3 is 2.72 bits per heavy atom. The number of benzene rings is 1. The van der Waals surface area contributed by atoms with Crippen molar-refractivity contribution in [1.29, 1.82) is 0 Å². The number of carbonyl (C=O) groups excluding carboxylic acids is 1. The molecule has 3 rings (SSSR count). The lowest BCUT2D eigenvalue weighted by Crippen LogP contribution is -2.43. The van der Waals surface area contributed by atoms with Crippen molar-refractivity contribution in [2.75, 3.05) is 7.11 Å². The normalized spacial score (nSPS) is 15.8. The third-order valence-electron chi connectivity index (χ3n) is 4.19. The predicted molar refractivity (Wildman–Crippen MR) is 93.7 cm³/mol. The average Bonchev–Trinajstić information content (AvgIpc) is 3.05. The molecule has 8 heteroatoms.